The predicted molar refractivity (Wildman–Crippen MR) is 153 cm³/mol. The van der Waals surface area contributed by atoms with Crippen molar-refractivity contribution in [3.05, 3.63) is 52.0 Å². The van der Waals surface area contributed by atoms with E-state index in [1.807, 2.05) is 13.8 Å². The zero-order valence-electron chi connectivity index (χ0n) is 22.6. The molecule has 0 aromatic heterocycles. The third-order valence-electron chi connectivity index (χ3n) is 6.54. The Bertz CT molecular complexity index is 1290. The average molecular weight is 601 g/mol. The number of nitrogens with one attached hydrogen (secondary N) is 1. The quantitative estimate of drug-likeness (QED) is 0.381. The Hall–Kier alpha value is -2.69. The minimum absolute atomic E-state index is 0.0115. The Morgan fingerprint density at radius 3 is 2.31 bits per heavy atom. The number of rotatable bonds is 12. The SMILES string of the molecule is CC[C@@H](C)NC(=O)[C@H](CC)N(Cc1ccc(Cl)cc1Cl)C(=O)CN(c1ccc2c(c1)OCCO2)S(=O)(=O)CC. The number of halogens is 2. The minimum Gasteiger partial charge on any atom is -0.486 e. The molecule has 0 aliphatic carbocycles. The predicted octanol–water partition coefficient (Wildman–Crippen LogP) is 4.64. The zero-order valence-corrected chi connectivity index (χ0v) is 24.9. The molecule has 214 valence electrons. The summed E-state index contributed by atoms with van der Waals surface area (Å²) in [6, 6.07) is 8.67. The maximum absolute atomic E-state index is 13.9. The molecule has 1 aliphatic rings. The van der Waals surface area contributed by atoms with Crippen LogP contribution in [0, 0.1) is 0 Å². The topological polar surface area (TPSA) is 105 Å². The van der Waals surface area contributed by atoms with E-state index in [1.54, 1.807) is 43.3 Å². The van der Waals surface area contributed by atoms with Crippen LogP contribution in [0.4, 0.5) is 5.69 Å². The molecule has 2 amide bonds. The van der Waals surface area contributed by atoms with Crippen molar-refractivity contribution in [1.29, 1.82) is 0 Å². The lowest BCUT2D eigenvalue weighted by Crippen LogP contribution is -2.53. The number of anilines is 1. The van der Waals surface area contributed by atoms with E-state index < -0.39 is 28.5 Å². The molecule has 1 heterocycles. The molecule has 1 N–H and O–H groups in total. The van der Waals surface area contributed by atoms with Crippen molar-refractivity contribution >= 4 is 50.7 Å². The fourth-order valence-electron chi connectivity index (χ4n) is 4.10. The van der Waals surface area contributed by atoms with Crippen LogP contribution in [0.2, 0.25) is 10.0 Å². The molecule has 0 saturated heterocycles. The molecular weight excluding hydrogens is 565 g/mol. The Morgan fingerprint density at radius 1 is 1.00 bits per heavy atom. The second-order valence-corrected chi connectivity index (χ2v) is 12.3. The fourth-order valence-corrected chi connectivity index (χ4v) is 5.62. The summed E-state index contributed by atoms with van der Waals surface area (Å²) in [7, 11) is -3.89. The van der Waals surface area contributed by atoms with Gasteiger partial charge in [-0.15, -0.1) is 0 Å². The van der Waals surface area contributed by atoms with Crippen LogP contribution in [0.15, 0.2) is 36.4 Å². The third-order valence-corrected chi connectivity index (χ3v) is 8.86. The second kappa shape index (κ2) is 13.6. The van der Waals surface area contributed by atoms with Crippen LogP contribution in [0.3, 0.4) is 0 Å². The number of hydrogen-bond acceptors (Lipinski definition) is 6. The molecule has 0 saturated carbocycles. The number of nitrogens with zero attached hydrogens (tertiary/aromatic N) is 2. The largest absolute Gasteiger partial charge is 0.486 e. The van der Waals surface area contributed by atoms with Crippen LogP contribution in [-0.4, -0.2) is 62.7 Å². The van der Waals surface area contributed by atoms with E-state index in [0.717, 1.165) is 4.31 Å². The molecule has 12 heteroatoms. The molecule has 2 atom stereocenters. The normalized spacial score (nSPS) is 14.3. The highest BCUT2D eigenvalue weighted by Gasteiger charge is 2.33. The van der Waals surface area contributed by atoms with Crippen molar-refractivity contribution in [3.63, 3.8) is 0 Å². The van der Waals surface area contributed by atoms with Crippen molar-refractivity contribution in [1.82, 2.24) is 10.2 Å². The van der Waals surface area contributed by atoms with Crippen molar-refractivity contribution < 1.29 is 27.5 Å². The number of sulfonamides is 1. The summed E-state index contributed by atoms with van der Waals surface area (Å²) in [5, 5.41) is 3.70. The molecule has 2 aromatic rings. The Kier molecular flexibility index (Phi) is 10.7. The Balaban J connectivity index is 2.00. The maximum atomic E-state index is 13.9. The van der Waals surface area contributed by atoms with E-state index in [2.05, 4.69) is 5.32 Å². The zero-order chi connectivity index (χ0) is 28.7. The third kappa shape index (κ3) is 7.70. The summed E-state index contributed by atoms with van der Waals surface area (Å²) in [6.07, 6.45) is 1.02. The molecule has 39 heavy (non-hydrogen) atoms. The van der Waals surface area contributed by atoms with E-state index in [9.17, 15) is 18.0 Å². The van der Waals surface area contributed by atoms with Crippen molar-refractivity contribution in [2.24, 2.45) is 0 Å². The minimum atomic E-state index is -3.89. The standard InChI is InChI=1S/C27H35Cl2N3O6S/c1-5-18(4)30-27(34)23(6-2)31(16-19-8-9-20(28)14-22(19)29)26(33)17-32(39(35,36)7-3)21-10-11-24-25(15-21)38-13-12-37-24/h8-11,14-15,18,23H,5-7,12-13,16-17H2,1-4H3,(H,30,34)/t18-,23+/m1/s1. The van der Waals surface area contributed by atoms with Crippen molar-refractivity contribution in [3.8, 4) is 11.5 Å². The van der Waals surface area contributed by atoms with Crippen molar-refractivity contribution in [2.45, 2.75) is 59.2 Å². The van der Waals surface area contributed by atoms with Gasteiger partial charge in [0.2, 0.25) is 21.8 Å². The van der Waals surface area contributed by atoms with Crippen LogP contribution in [0.1, 0.15) is 46.1 Å². The first-order valence-corrected chi connectivity index (χ1v) is 15.3. The van der Waals surface area contributed by atoms with Gasteiger partial charge < -0.3 is 19.7 Å². The molecule has 0 spiro atoms. The molecule has 0 unspecified atom stereocenters. The van der Waals surface area contributed by atoms with E-state index in [-0.39, 0.29) is 29.9 Å². The molecular formula is C27H35Cl2N3O6S. The number of hydrogen-bond donors (Lipinski definition) is 1. The summed E-state index contributed by atoms with van der Waals surface area (Å²) in [6.45, 7) is 7.32. The van der Waals surface area contributed by atoms with Gasteiger partial charge in [-0.05, 0) is 56.5 Å². The van der Waals surface area contributed by atoms with E-state index >= 15 is 0 Å². The highest BCUT2D eigenvalue weighted by Crippen LogP contribution is 2.35. The number of carbonyl (C=O) groups excluding carboxylic acids is 2. The second-order valence-electron chi connectivity index (χ2n) is 9.23. The number of carbonyl (C=O) groups is 2. The van der Waals surface area contributed by atoms with Gasteiger partial charge in [-0.2, -0.15) is 0 Å². The van der Waals surface area contributed by atoms with Crippen LogP contribution in [0.25, 0.3) is 0 Å². The molecule has 2 aromatic carbocycles. The summed E-state index contributed by atoms with van der Waals surface area (Å²) in [4.78, 5) is 28.6. The van der Waals surface area contributed by atoms with Gasteiger partial charge in [0.05, 0.1) is 11.4 Å². The number of ether oxygens (including phenoxy) is 2. The van der Waals surface area contributed by atoms with Gasteiger partial charge in [-0.1, -0.05) is 43.1 Å². The molecule has 9 nitrogen and oxygen atoms in total. The fraction of sp³-hybridized carbons (Fsp3) is 0.481. The lowest BCUT2D eigenvalue weighted by atomic mass is 10.1. The van der Waals surface area contributed by atoms with E-state index in [1.165, 1.54) is 11.8 Å². The van der Waals surface area contributed by atoms with Gasteiger partial charge in [0.15, 0.2) is 11.5 Å². The number of amides is 2. The number of fused-ring (bicyclic) bond motifs is 1. The summed E-state index contributed by atoms with van der Waals surface area (Å²) < 4.78 is 38.6. The average Bonchev–Trinajstić information content (AvgIpc) is 2.92. The Morgan fingerprint density at radius 2 is 1.69 bits per heavy atom. The first kappa shape index (κ1) is 30.8. The summed E-state index contributed by atoms with van der Waals surface area (Å²) >= 11 is 12.5. The molecule has 3 rings (SSSR count). The monoisotopic (exact) mass is 599 g/mol. The van der Waals surface area contributed by atoms with Gasteiger partial charge in [-0.3, -0.25) is 13.9 Å². The highest BCUT2D eigenvalue weighted by molar-refractivity contribution is 7.92. The maximum Gasteiger partial charge on any atom is 0.244 e. The lowest BCUT2D eigenvalue weighted by Gasteiger charge is -2.34. The van der Waals surface area contributed by atoms with Gasteiger partial charge in [0, 0.05) is 28.7 Å². The number of benzene rings is 2. The van der Waals surface area contributed by atoms with Gasteiger partial charge >= 0.3 is 0 Å². The van der Waals surface area contributed by atoms with Crippen molar-refractivity contribution in [2.75, 3.05) is 29.8 Å². The van der Waals surface area contributed by atoms with Crippen LogP contribution < -0.4 is 19.1 Å². The molecule has 0 bridgehead atoms. The van der Waals surface area contributed by atoms with Gasteiger partial charge in [0.1, 0.15) is 25.8 Å². The van der Waals surface area contributed by atoms with Gasteiger partial charge in [0.25, 0.3) is 0 Å². The molecule has 0 radical (unpaired) electrons. The van der Waals surface area contributed by atoms with Crippen LogP contribution >= 0.6 is 23.2 Å². The van der Waals surface area contributed by atoms with Crippen LogP contribution in [0.5, 0.6) is 11.5 Å². The summed E-state index contributed by atoms with van der Waals surface area (Å²) in [5.74, 6) is -0.221. The van der Waals surface area contributed by atoms with Gasteiger partial charge in [-0.25, -0.2) is 8.42 Å². The lowest BCUT2D eigenvalue weighted by molar-refractivity contribution is -0.140. The van der Waals surface area contributed by atoms with E-state index in [0.29, 0.717) is 53.2 Å². The van der Waals surface area contributed by atoms with Crippen LogP contribution in [-0.2, 0) is 26.2 Å². The molecule has 0 fully saturated rings. The summed E-state index contributed by atoms with van der Waals surface area (Å²) in [5.41, 5.74) is 0.837. The molecule has 1 aliphatic heterocycles. The van der Waals surface area contributed by atoms with E-state index in [4.69, 9.17) is 32.7 Å². The highest BCUT2D eigenvalue weighted by atomic mass is 35.5. The smallest absolute Gasteiger partial charge is 0.244 e. The first-order chi connectivity index (χ1) is 18.5. The Labute approximate surface area is 240 Å². The first-order valence-electron chi connectivity index (χ1n) is 12.9.